The van der Waals surface area contributed by atoms with Crippen molar-refractivity contribution in [1.82, 2.24) is 24.2 Å². The fourth-order valence-corrected chi connectivity index (χ4v) is 6.75. The van der Waals surface area contributed by atoms with Crippen molar-refractivity contribution in [1.29, 1.82) is 0 Å². The van der Waals surface area contributed by atoms with Crippen LogP contribution in [0.25, 0.3) is 22.2 Å². The number of nitrogens with zero attached hydrogens (tertiary/aromatic N) is 5. The van der Waals surface area contributed by atoms with E-state index in [0.29, 0.717) is 22.6 Å². The minimum atomic E-state index is -3.90. The number of piperazine rings is 1. The fourth-order valence-electron chi connectivity index (χ4n) is 4.97. The fraction of sp³-hybridized carbons (Fsp3) is 0.276. The number of aryl methyl sites for hydroxylation is 1. The summed E-state index contributed by atoms with van der Waals surface area (Å²) in [5.41, 5.74) is 1.30. The maximum atomic E-state index is 13.9. The summed E-state index contributed by atoms with van der Waals surface area (Å²) < 4.78 is 34.1. The van der Waals surface area contributed by atoms with Crippen LogP contribution >= 0.6 is 0 Å². The monoisotopic (exact) mass is 559 g/mol. The second-order valence-corrected chi connectivity index (χ2v) is 11.3. The lowest BCUT2D eigenvalue weighted by Crippen LogP contribution is -2.55. The van der Waals surface area contributed by atoms with E-state index in [4.69, 9.17) is 4.74 Å². The maximum Gasteiger partial charge on any atom is 0.342 e. The molecule has 5 rings (SSSR count). The SMILES string of the molecule is CCOC(=O)c1c(C(=O)N2CCN(S(=O)(=O)c3cccc4cccnc34)C(C)C2)nc(C)nc1-c1ccccc1. The van der Waals surface area contributed by atoms with Crippen LogP contribution in [-0.4, -0.2) is 76.7 Å². The Labute approximate surface area is 232 Å². The van der Waals surface area contributed by atoms with E-state index in [1.807, 2.05) is 30.3 Å². The van der Waals surface area contributed by atoms with E-state index in [9.17, 15) is 18.0 Å². The minimum absolute atomic E-state index is 0.00631. The van der Waals surface area contributed by atoms with Gasteiger partial charge >= 0.3 is 5.97 Å². The molecular formula is C29H29N5O5S. The summed E-state index contributed by atoms with van der Waals surface area (Å²) in [7, 11) is -3.90. The normalized spacial score (nSPS) is 16.2. The second-order valence-electron chi connectivity index (χ2n) is 9.48. The van der Waals surface area contributed by atoms with Gasteiger partial charge in [0, 0.05) is 42.8 Å². The van der Waals surface area contributed by atoms with Crippen LogP contribution in [0.3, 0.4) is 0 Å². The van der Waals surface area contributed by atoms with Crippen molar-refractivity contribution in [2.24, 2.45) is 0 Å². The van der Waals surface area contributed by atoms with Crippen molar-refractivity contribution in [2.75, 3.05) is 26.2 Å². The van der Waals surface area contributed by atoms with Gasteiger partial charge in [-0.15, -0.1) is 0 Å². The number of ether oxygens (including phenoxy) is 1. The van der Waals surface area contributed by atoms with E-state index < -0.39 is 27.9 Å². The topological polar surface area (TPSA) is 123 Å². The number of amides is 1. The molecule has 1 atom stereocenters. The Bertz CT molecular complexity index is 1690. The first-order valence-corrected chi connectivity index (χ1v) is 14.4. The van der Waals surface area contributed by atoms with Gasteiger partial charge in [-0.3, -0.25) is 9.78 Å². The molecule has 1 aliphatic heterocycles. The Kier molecular flexibility index (Phi) is 7.59. The number of hydrogen-bond acceptors (Lipinski definition) is 8. The first-order chi connectivity index (χ1) is 19.2. The molecule has 4 aromatic rings. The van der Waals surface area contributed by atoms with Crippen LogP contribution in [0.2, 0.25) is 0 Å². The molecule has 0 aliphatic carbocycles. The van der Waals surface area contributed by atoms with Gasteiger partial charge in [0.25, 0.3) is 5.91 Å². The van der Waals surface area contributed by atoms with E-state index >= 15 is 0 Å². The van der Waals surface area contributed by atoms with Crippen LogP contribution in [-0.2, 0) is 14.8 Å². The van der Waals surface area contributed by atoms with Crippen LogP contribution in [0.5, 0.6) is 0 Å². The number of carbonyl (C=O) groups is 2. The second kappa shape index (κ2) is 11.1. The Balaban J connectivity index is 1.47. The summed E-state index contributed by atoms with van der Waals surface area (Å²) in [4.78, 5) is 41.8. The molecule has 1 fully saturated rings. The molecule has 1 amide bonds. The zero-order valence-corrected chi connectivity index (χ0v) is 23.3. The molecule has 1 aliphatic rings. The maximum absolute atomic E-state index is 13.9. The van der Waals surface area contributed by atoms with Crippen LogP contribution < -0.4 is 0 Å². The minimum Gasteiger partial charge on any atom is -0.462 e. The largest absolute Gasteiger partial charge is 0.462 e. The quantitative estimate of drug-likeness (QED) is 0.328. The van der Waals surface area contributed by atoms with Gasteiger partial charge in [0.1, 0.15) is 22.0 Å². The zero-order chi connectivity index (χ0) is 28.4. The molecule has 0 spiro atoms. The van der Waals surface area contributed by atoms with E-state index in [1.165, 1.54) is 9.21 Å². The molecule has 1 unspecified atom stereocenters. The first kappa shape index (κ1) is 27.4. The van der Waals surface area contributed by atoms with Gasteiger partial charge in [-0.05, 0) is 32.9 Å². The smallest absolute Gasteiger partial charge is 0.342 e. The van der Waals surface area contributed by atoms with Gasteiger partial charge in [-0.1, -0.05) is 48.5 Å². The number of para-hydroxylation sites is 1. The van der Waals surface area contributed by atoms with Gasteiger partial charge in [0.05, 0.1) is 17.8 Å². The van der Waals surface area contributed by atoms with Crippen molar-refractivity contribution >= 4 is 32.8 Å². The van der Waals surface area contributed by atoms with Crippen LogP contribution in [0.1, 0.15) is 40.5 Å². The number of rotatable bonds is 6. The number of sulfonamides is 1. The Morgan fingerprint density at radius 1 is 1.00 bits per heavy atom. The number of pyridine rings is 1. The molecule has 40 heavy (non-hydrogen) atoms. The average Bonchev–Trinajstić information content (AvgIpc) is 2.96. The third-order valence-electron chi connectivity index (χ3n) is 6.79. The van der Waals surface area contributed by atoms with Crippen molar-refractivity contribution in [3.63, 3.8) is 0 Å². The summed E-state index contributed by atoms with van der Waals surface area (Å²) in [6.45, 7) is 5.51. The molecular weight excluding hydrogens is 530 g/mol. The molecule has 0 N–H and O–H groups in total. The molecule has 2 aromatic heterocycles. The number of esters is 1. The summed E-state index contributed by atoms with van der Waals surface area (Å²) in [5.74, 6) is -0.850. The van der Waals surface area contributed by atoms with Gasteiger partial charge in [-0.2, -0.15) is 4.31 Å². The summed E-state index contributed by atoms with van der Waals surface area (Å²) in [6, 6.07) is 17.2. The van der Waals surface area contributed by atoms with E-state index in [1.54, 1.807) is 57.3 Å². The molecule has 0 radical (unpaired) electrons. The highest BCUT2D eigenvalue weighted by molar-refractivity contribution is 7.89. The van der Waals surface area contributed by atoms with Gasteiger partial charge in [0.2, 0.25) is 10.0 Å². The third kappa shape index (κ3) is 5.05. The number of hydrogen-bond donors (Lipinski definition) is 0. The molecule has 10 nitrogen and oxygen atoms in total. The van der Waals surface area contributed by atoms with Gasteiger partial charge in [-0.25, -0.2) is 23.2 Å². The van der Waals surface area contributed by atoms with E-state index in [0.717, 1.165) is 5.39 Å². The number of fused-ring (bicyclic) bond motifs is 1. The summed E-state index contributed by atoms with van der Waals surface area (Å²) >= 11 is 0. The molecule has 0 bridgehead atoms. The molecule has 11 heteroatoms. The molecule has 3 heterocycles. The number of benzene rings is 2. The third-order valence-corrected chi connectivity index (χ3v) is 8.83. The predicted octanol–water partition coefficient (Wildman–Crippen LogP) is 3.71. The molecule has 2 aromatic carbocycles. The first-order valence-electron chi connectivity index (χ1n) is 13.0. The lowest BCUT2D eigenvalue weighted by molar-refractivity contribution is 0.0511. The molecule has 206 valence electrons. The van der Waals surface area contributed by atoms with Crippen molar-refractivity contribution in [3.05, 3.63) is 83.9 Å². The summed E-state index contributed by atoms with van der Waals surface area (Å²) in [6.07, 6.45) is 1.57. The summed E-state index contributed by atoms with van der Waals surface area (Å²) in [5, 5.41) is 0.727. The number of carbonyl (C=O) groups excluding carboxylic acids is 2. The highest BCUT2D eigenvalue weighted by Gasteiger charge is 2.38. The average molecular weight is 560 g/mol. The lowest BCUT2D eigenvalue weighted by Gasteiger charge is -2.39. The standard InChI is InChI=1S/C29H29N5O5S/c1-4-39-29(36)24-26(22-10-6-5-7-11-22)31-20(3)32-27(24)28(35)33-16-17-34(19(2)18-33)40(37,38)23-14-8-12-21-13-9-15-30-25(21)23/h5-15,19H,4,16-18H2,1-3H3. The molecule has 1 saturated heterocycles. The zero-order valence-electron chi connectivity index (χ0n) is 22.4. The van der Waals surface area contributed by atoms with Crippen LogP contribution in [0.4, 0.5) is 0 Å². The Morgan fingerprint density at radius 3 is 2.48 bits per heavy atom. The van der Waals surface area contributed by atoms with Crippen LogP contribution in [0, 0.1) is 6.92 Å². The van der Waals surface area contributed by atoms with E-state index in [2.05, 4.69) is 15.0 Å². The van der Waals surface area contributed by atoms with Crippen molar-refractivity contribution in [3.8, 4) is 11.3 Å². The lowest BCUT2D eigenvalue weighted by atomic mass is 10.0. The van der Waals surface area contributed by atoms with E-state index in [-0.39, 0.29) is 42.4 Å². The number of aromatic nitrogens is 3. The predicted molar refractivity (Wildman–Crippen MR) is 149 cm³/mol. The van der Waals surface area contributed by atoms with Crippen molar-refractivity contribution < 1.29 is 22.7 Å². The highest BCUT2D eigenvalue weighted by Crippen LogP contribution is 2.29. The van der Waals surface area contributed by atoms with Gasteiger partial charge < -0.3 is 9.64 Å². The van der Waals surface area contributed by atoms with Gasteiger partial charge in [0.15, 0.2) is 0 Å². The highest BCUT2D eigenvalue weighted by atomic mass is 32.2. The Morgan fingerprint density at radius 2 is 1.75 bits per heavy atom. The van der Waals surface area contributed by atoms with Crippen LogP contribution in [0.15, 0.2) is 71.8 Å². The van der Waals surface area contributed by atoms with Crippen molar-refractivity contribution in [2.45, 2.75) is 31.7 Å². The molecule has 0 saturated carbocycles. The Hall–Kier alpha value is -4.22.